The lowest BCUT2D eigenvalue weighted by atomic mass is 10.1. The average molecular weight is 513 g/mol. The van der Waals surface area contributed by atoms with Crippen molar-refractivity contribution in [2.24, 2.45) is 0 Å². The van der Waals surface area contributed by atoms with E-state index in [9.17, 15) is 14.4 Å². The Morgan fingerprint density at radius 3 is 2.14 bits per heavy atom. The van der Waals surface area contributed by atoms with Crippen molar-refractivity contribution < 1.29 is 28.6 Å². The van der Waals surface area contributed by atoms with Crippen LogP contribution in [0.1, 0.15) is 46.0 Å². The number of nitrogens with zero attached hydrogens (tertiary/aromatic N) is 3. The second-order valence-electron chi connectivity index (χ2n) is 7.55. The molecule has 0 fully saturated rings. The van der Waals surface area contributed by atoms with Crippen molar-refractivity contribution >= 4 is 35.3 Å². The third kappa shape index (κ3) is 6.85. The molecule has 36 heavy (non-hydrogen) atoms. The van der Waals surface area contributed by atoms with E-state index in [-0.39, 0.29) is 35.1 Å². The predicted molar refractivity (Wildman–Crippen MR) is 134 cm³/mol. The number of hydrogen-bond donors (Lipinski definition) is 1. The predicted octanol–water partition coefficient (Wildman–Crippen LogP) is 3.74. The summed E-state index contributed by atoms with van der Waals surface area (Å²) in [5.41, 5.74) is 1.73. The Hall–Kier alpha value is -3.86. The number of hydrogen-bond acceptors (Lipinski definition) is 9. The first-order valence-corrected chi connectivity index (χ1v) is 12.2. The van der Waals surface area contributed by atoms with Gasteiger partial charge in [0.1, 0.15) is 12.4 Å². The Morgan fingerprint density at radius 2 is 1.58 bits per heavy atom. The van der Waals surface area contributed by atoms with Gasteiger partial charge in [-0.3, -0.25) is 4.79 Å². The monoisotopic (exact) mass is 512 g/mol. The van der Waals surface area contributed by atoms with Gasteiger partial charge in [0.15, 0.2) is 11.0 Å². The van der Waals surface area contributed by atoms with Gasteiger partial charge < -0.3 is 24.1 Å². The number of ether oxygens (including phenoxy) is 3. The smallest absolute Gasteiger partial charge is 0.337 e. The molecule has 1 amide bonds. The summed E-state index contributed by atoms with van der Waals surface area (Å²) in [7, 11) is 2.46. The van der Waals surface area contributed by atoms with E-state index in [4.69, 9.17) is 14.2 Å². The summed E-state index contributed by atoms with van der Waals surface area (Å²) in [6, 6.07) is 12.1. The zero-order chi connectivity index (χ0) is 26.1. The van der Waals surface area contributed by atoms with E-state index in [2.05, 4.69) is 22.4 Å². The van der Waals surface area contributed by atoms with Crippen LogP contribution in [0, 0.1) is 0 Å². The SMILES string of the molecule is CCc1ccc(OCc2nnc(SCC(=O)Nc3cc(C(=O)OC)cc(C(=O)OC)c3)n2CC)cc1. The maximum absolute atomic E-state index is 12.6. The zero-order valence-electron chi connectivity index (χ0n) is 20.6. The number of esters is 2. The van der Waals surface area contributed by atoms with E-state index in [0.29, 0.717) is 17.5 Å². The highest BCUT2D eigenvalue weighted by Crippen LogP contribution is 2.21. The summed E-state index contributed by atoms with van der Waals surface area (Å²) in [5, 5.41) is 11.7. The van der Waals surface area contributed by atoms with E-state index in [0.717, 1.165) is 12.2 Å². The molecule has 0 saturated carbocycles. The summed E-state index contributed by atoms with van der Waals surface area (Å²) in [5.74, 6) is -0.207. The highest BCUT2D eigenvalue weighted by atomic mass is 32.2. The molecule has 0 unspecified atom stereocenters. The second kappa shape index (κ2) is 12.7. The molecule has 2 aromatic carbocycles. The van der Waals surface area contributed by atoms with E-state index in [1.54, 1.807) is 0 Å². The first-order valence-electron chi connectivity index (χ1n) is 11.3. The summed E-state index contributed by atoms with van der Waals surface area (Å²) >= 11 is 1.21. The molecule has 3 rings (SSSR count). The molecule has 190 valence electrons. The molecule has 3 aromatic rings. The van der Waals surface area contributed by atoms with Gasteiger partial charge in [0.05, 0.1) is 31.1 Å². The minimum atomic E-state index is -0.641. The molecule has 0 spiro atoms. The van der Waals surface area contributed by atoms with Gasteiger partial charge in [-0.2, -0.15) is 0 Å². The van der Waals surface area contributed by atoms with Crippen LogP contribution in [0.4, 0.5) is 5.69 Å². The molecule has 1 aromatic heterocycles. The van der Waals surface area contributed by atoms with Crippen molar-refractivity contribution in [1.29, 1.82) is 0 Å². The van der Waals surface area contributed by atoms with E-state index in [1.807, 2.05) is 35.8 Å². The van der Waals surface area contributed by atoms with Crippen LogP contribution in [-0.4, -0.2) is 52.6 Å². The van der Waals surface area contributed by atoms with Gasteiger partial charge in [0.2, 0.25) is 5.91 Å². The highest BCUT2D eigenvalue weighted by Gasteiger charge is 2.17. The third-order valence-corrected chi connectivity index (χ3v) is 6.17. The number of rotatable bonds is 11. The molecular formula is C25H28N4O6S. The fraction of sp³-hybridized carbons (Fsp3) is 0.320. The summed E-state index contributed by atoms with van der Waals surface area (Å²) < 4.78 is 17.2. The zero-order valence-corrected chi connectivity index (χ0v) is 21.4. The van der Waals surface area contributed by atoms with Gasteiger partial charge in [-0.05, 0) is 49.2 Å². The number of nitrogens with one attached hydrogen (secondary N) is 1. The van der Waals surface area contributed by atoms with Gasteiger partial charge in [-0.1, -0.05) is 30.8 Å². The lowest BCUT2D eigenvalue weighted by Gasteiger charge is -2.10. The molecule has 0 bridgehead atoms. The number of amides is 1. The number of carbonyl (C=O) groups is 3. The largest absolute Gasteiger partial charge is 0.486 e. The molecule has 11 heteroatoms. The van der Waals surface area contributed by atoms with Crippen LogP contribution in [0.5, 0.6) is 5.75 Å². The fourth-order valence-electron chi connectivity index (χ4n) is 3.32. The number of anilines is 1. The lowest BCUT2D eigenvalue weighted by molar-refractivity contribution is -0.113. The van der Waals surface area contributed by atoms with Gasteiger partial charge in [-0.15, -0.1) is 10.2 Å². The normalized spacial score (nSPS) is 10.6. The first-order chi connectivity index (χ1) is 17.4. The summed E-state index contributed by atoms with van der Waals surface area (Å²) in [6.07, 6.45) is 0.960. The molecule has 10 nitrogen and oxygen atoms in total. The lowest BCUT2D eigenvalue weighted by Crippen LogP contribution is -2.16. The molecule has 0 aliphatic carbocycles. The quantitative estimate of drug-likeness (QED) is 0.302. The number of carbonyl (C=O) groups excluding carboxylic acids is 3. The molecule has 0 aliphatic heterocycles. The van der Waals surface area contributed by atoms with Crippen molar-refractivity contribution in [3.63, 3.8) is 0 Å². The highest BCUT2D eigenvalue weighted by molar-refractivity contribution is 7.99. The fourth-order valence-corrected chi connectivity index (χ4v) is 4.14. The Balaban J connectivity index is 1.64. The molecule has 0 radical (unpaired) electrons. The van der Waals surface area contributed by atoms with Crippen LogP contribution in [0.25, 0.3) is 0 Å². The average Bonchev–Trinajstić information content (AvgIpc) is 3.31. The molecule has 0 aliphatic rings. The van der Waals surface area contributed by atoms with Gasteiger partial charge in [0, 0.05) is 12.2 Å². The Bertz CT molecular complexity index is 1190. The Morgan fingerprint density at radius 1 is 0.944 bits per heavy atom. The van der Waals surface area contributed by atoms with Crippen LogP contribution in [-0.2, 0) is 33.8 Å². The number of aryl methyl sites for hydroxylation is 1. The first kappa shape index (κ1) is 26.7. The van der Waals surface area contributed by atoms with Crippen molar-refractivity contribution in [2.75, 3.05) is 25.3 Å². The van der Waals surface area contributed by atoms with Crippen molar-refractivity contribution in [2.45, 2.75) is 38.6 Å². The maximum atomic E-state index is 12.6. The Labute approximate surface area is 213 Å². The molecular weight excluding hydrogens is 484 g/mol. The van der Waals surface area contributed by atoms with Crippen LogP contribution >= 0.6 is 11.8 Å². The topological polar surface area (TPSA) is 122 Å². The standard InChI is InChI=1S/C25H28N4O6S/c1-5-16-7-9-20(10-8-16)35-14-21-27-28-25(29(21)6-2)36-15-22(30)26-19-12-17(23(31)33-3)11-18(13-19)24(32)34-4/h7-13H,5-6,14-15H2,1-4H3,(H,26,30). The minimum Gasteiger partial charge on any atom is -0.486 e. The maximum Gasteiger partial charge on any atom is 0.337 e. The number of benzene rings is 2. The molecule has 1 N–H and O–H groups in total. The van der Waals surface area contributed by atoms with Crippen LogP contribution in [0.3, 0.4) is 0 Å². The van der Waals surface area contributed by atoms with E-state index >= 15 is 0 Å². The van der Waals surface area contributed by atoms with Gasteiger partial charge in [0.25, 0.3) is 0 Å². The summed E-state index contributed by atoms with van der Waals surface area (Å²) in [4.78, 5) is 36.5. The summed E-state index contributed by atoms with van der Waals surface area (Å²) in [6.45, 7) is 4.90. The van der Waals surface area contributed by atoms with Gasteiger partial charge >= 0.3 is 11.9 Å². The van der Waals surface area contributed by atoms with Crippen LogP contribution < -0.4 is 10.1 Å². The minimum absolute atomic E-state index is 0.0352. The van der Waals surface area contributed by atoms with Crippen molar-refractivity contribution in [1.82, 2.24) is 14.8 Å². The van der Waals surface area contributed by atoms with E-state index < -0.39 is 11.9 Å². The molecule has 0 atom stereocenters. The van der Waals surface area contributed by atoms with Crippen molar-refractivity contribution in [3.05, 3.63) is 65.0 Å². The van der Waals surface area contributed by atoms with Crippen LogP contribution in [0.2, 0.25) is 0 Å². The van der Waals surface area contributed by atoms with E-state index in [1.165, 1.54) is 49.7 Å². The van der Waals surface area contributed by atoms with Crippen molar-refractivity contribution in [3.8, 4) is 5.75 Å². The van der Waals surface area contributed by atoms with Gasteiger partial charge in [-0.25, -0.2) is 9.59 Å². The number of thioether (sulfide) groups is 1. The second-order valence-corrected chi connectivity index (χ2v) is 8.49. The molecule has 0 saturated heterocycles. The molecule has 1 heterocycles. The number of methoxy groups -OCH3 is 2. The number of aromatic nitrogens is 3. The Kier molecular flexibility index (Phi) is 9.46. The third-order valence-electron chi connectivity index (χ3n) is 5.20. The van der Waals surface area contributed by atoms with Crippen LogP contribution in [0.15, 0.2) is 47.6 Å².